The van der Waals surface area contributed by atoms with Gasteiger partial charge in [0.2, 0.25) is 0 Å². The number of aliphatic hydroxyl groups excluding tert-OH is 1. The fraction of sp³-hybridized carbons (Fsp3) is 0.600. The van der Waals surface area contributed by atoms with E-state index in [1.165, 1.54) is 11.1 Å². The second kappa shape index (κ2) is 5.89. The normalized spacial score (nSPS) is 30.2. The van der Waals surface area contributed by atoms with E-state index in [-0.39, 0.29) is 6.10 Å². The quantitative estimate of drug-likeness (QED) is 0.886. The Morgan fingerprint density at radius 1 is 1.22 bits per heavy atom. The average molecular weight is 282 g/mol. The average Bonchev–Trinajstić information content (AvgIpc) is 2.32. The number of aliphatic hydroxyl groups is 1. The molecule has 0 bridgehead atoms. The zero-order valence-corrected chi connectivity index (χ0v) is 13.1. The van der Waals surface area contributed by atoms with Crippen LogP contribution in [0.5, 0.6) is 0 Å². The summed E-state index contributed by atoms with van der Waals surface area (Å²) in [6, 6.07) is 6.34. The van der Waals surface area contributed by atoms with Crippen LogP contribution in [-0.4, -0.2) is 26.6 Å². The van der Waals surface area contributed by atoms with Crippen LogP contribution >= 0.6 is 23.5 Å². The van der Waals surface area contributed by atoms with Gasteiger partial charge in [0.15, 0.2) is 0 Å². The Morgan fingerprint density at radius 2 is 1.94 bits per heavy atom. The molecule has 1 aromatic rings. The smallest absolute Gasteiger partial charge is 0.0919 e. The van der Waals surface area contributed by atoms with Gasteiger partial charge >= 0.3 is 0 Å². The third kappa shape index (κ3) is 3.06. The molecule has 1 aliphatic rings. The Morgan fingerprint density at radius 3 is 2.56 bits per heavy atom. The highest BCUT2D eigenvalue weighted by molar-refractivity contribution is 8.07. The summed E-state index contributed by atoms with van der Waals surface area (Å²) in [6.45, 7) is 8.74. The van der Waals surface area contributed by atoms with Gasteiger partial charge < -0.3 is 5.11 Å². The molecule has 1 fully saturated rings. The van der Waals surface area contributed by atoms with Gasteiger partial charge in [0.05, 0.1) is 6.10 Å². The number of aryl methyl sites for hydroxylation is 2. The van der Waals surface area contributed by atoms with E-state index in [0.717, 1.165) is 11.3 Å². The van der Waals surface area contributed by atoms with Crippen LogP contribution in [0.25, 0.3) is 0 Å². The van der Waals surface area contributed by atoms with E-state index in [4.69, 9.17) is 0 Å². The highest BCUT2D eigenvalue weighted by Gasteiger charge is 2.31. The molecule has 0 saturated carbocycles. The Kier molecular flexibility index (Phi) is 4.68. The van der Waals surface area contributed by atoms with Crippen LogP contribution in [0.2, 0.25) is 0 Å². The lowest BCUT2D eigenvalue weighted by Gasteiger charge is -2.34. The van der Waals surface area contributed by atoms with Gasteiger partial charge in [-0.05, 0) is 25.0 Å². The summed E-state index contributed by atoms with van der Waals surface area (Å²) in [5.74, 6) is 1.05. The van der Waals surface area contributed by atoms with Crippen molar-refractivity contribution < 1.29 is 5.11 Å². The van der Waals surface area contributed by atoms with Crippen LogP contribution < -0.4 is 0 Å². The van der Waals surface area contributed by atoms with Gasteiger partial charge in [-0.25, -0.2) is 0 Å². The number of benzene rings is 1. The van der Waals surface area contributed by atoms with Crippen molar-refractivity contribution in [1.29, 1.82) is 0 Å². The molecule has 0 spiro atoms. The summed E-state index contributed by atoms with van der Waals surface area (Å²) in [5.41, 5.74) is 3.57. The number of thioether (sulfide) groups is 2. The van der Waals surface area contributed by atoms with E-state index in [0.29, 0.717) is 15.7 Å². The monoisotopic (exact) mass is 282 g/mol. The van der Waals surface area contributed by atoms with Crippen molar-refractivity contribution in [2.24, 2.45) is 0 Å². The molecule has 1 nitrogen and oxygen atoms in total. The standard InChI is InChI=1S/C15H22OS2/c1-9-5-6-13(10(2)7-9)15(16)14-8-17-11(3)12(4)18-14/h5-7,11-12,14-16H,8H2,1-4H3. The van der Waals surface area contributed by atoms with E-state index in [1.54, 1.807) is 0 Å². The first-order valence-electron chi connectivity index (χ1n) is 6.51. The molecule has 18 heavy (non-hydrogen) atoms. The van der Waals surface area contributed by atoms with Crippen molar-refractivity contribution in [2.45, 2.75) is 49.5 Å². The van der Waals surface area contributed by atoms with Crippen molar-refractivity contribution in [3.05, 3.63) is 34.9 Å². The van der Waals surface area contributed by atoms with Crippen LogP contribution in [0.15, 0.2) is 18.2 Å². The molecule has 1 N–H and O–H groups in total. The lowest BCUT2D eigenvalue weighted by atomic mass is 9.99. The van der Waals surface area contributed by atoms with Crippen LogP contribution in [0.4, 0.5) is 0 Å². The molecule has 4 unspecified atom stereocenters. The Bertz CT molecular complexity index is 419. The molecule has 0 aromatic heterocycles. The topological polar surface area (TPSA) is 20.2 Å². The summed E-state index contributed by atoms with van der Waals surface area (Å²) in [4.78, 5) is 0. The Balaban J connectivity index is 2.13. The van der Waals surface area contributed by atoms with Gasteiger partial charge in [0.25, 0.3) is 0 Å². The SMILES string of the molecule is Cc1ccc(C(O)C2CSC(C)C(C)S2)c(C)c1. The van der Waals surface area contributed by atoms with Crippen LogP contribution in [-0.2, 0) is 0 Å². The fourth-order valence-corrected chi connectivity index (χ4v) is 5.32. The van der Waals surface area contributed by atoms with Gasteiger partial charge in [-0.2, -0.15) is 23.5 Å². The molecule has 1 aromatic carbocycles. The lowest BCUT2D eigenvalue weighted by Crippen LogP contribution is -2.30. The van der Waals surface area contributed by atoms with Crippen molar-refractivity contribution in [1.82, 2.24) is 0 Å². The predicted molar refractivity (Wildman–Crippen MR) is 83.6 cm³/mol. The summed E-state index contributed by atoms with van der Waals surface area (Å²) in [5, 5.41) is 12.2. The first-order chi connectivity index (χ1) is 8.49. The van der Waals surface area contributed by atoms with Crippen LogP contribution in [0.1, 0.15) is 36.6 Å². The van der Waals surface area contributed by atoms with E-state index in [1.807, 2.05) is 23.5 Å². The Hall–Kier alpha value is -0.120. The van der Waals surface area contributed by atoms with E-state index in [9.17, 15) is 5.11 Å². The van der Waals surface area contributed by atoms with Gasteiger partial charge in [-0.15, -0.1) is 0 Å². The molecule has 0 amide bonds. The van der Waals surface area contributed by atoms with Crippen molar-refractivity contribution in [3.8, 4) is 0 Å². The van der Waals surface area contributed by atoms with Crippen LogP contribution in [0, 0.1) is 13.8 Å². The lowest BCUT2D eigenvalue weighted by molar-refractivity contribution is 0.179. The first-order valence-corrected chi connectivity index (χ1v) is 8.50. The second-order valence-corrected chi connectivity index (χ2v) is 8.25. The van der Waals surface area contributed by atoms with Gasteiger partial charge in [-0.1, -0.05) is 37.6 Å². The minimum absolute atomic E-state index is 0.322. The summed E-state index contributed by atoms with van der Waals surface area (Å²) < 4.78 is 0. The van der Waals surface area contributed by atoms with Crippen LogP contribution in [0.3, 0.4) is 0 Å². The largest absolute Gasteiger partial charge is 0.387 e. The molecule has 100 valence electrons. The molecular formula is C15H22OS2. The molecule has 0 radical (unpaired) electrons. The van der Waals surface area contributed by atoms with Gasteiger partial charge in [0.1, 0.15) is 0 Å². The maximum atomic E-state index is 10.6. The summed E-state index contributed by atoms with van der Waals surface area (Å²) >= 11 is 3.92. The third-order valence-electron chi connectivity index (χ3n) is 3.67. The molecule has 4 atom stereocenters. The Labute approximate surface area is 119 Å². The highest BCUT2D eigenvalue weighted by atomic mass is 32.2. The summed E-state index contributed by atoms with van der Waals surface area (Å²) in [6.07, 6.45) is -0.335. The van der Waals surface area contributed by atoms with E-state index >= 15 is 0 Å². The number of hydrogen-bond acceptors (Lipinski definition) is 3. The van der Waals surface area contributed by atoms with E-state index in [2.05, 4.69) is 45.9 Å². The zero-order valence-electron chi connectivity index (χ0n) is 11.5. The maximum absolute atomic E-state index is 10.6. The third-order valence-corrected chi connectivity index (χ3v) is 7.15. The van der Waals surface area contributed by atoms with Crippen molar-refractivity contribution in [2.75, 3.05) is 5.75 Å². The second-order valence-electron chi connectivity index (χ2n) is 5.22. The fourth-order valence-electron chi connectivity index (χ4n) is 2.33. The zero-order chi connectivity index (χ0) is 13.3. The molecule has 1 saturated heterocycles. The molecule has 1 heterocycles. The molecule has 0 aliphatic carbocycles. The molecule has 1 aliphatic heterocycles. The maximum Gasteiger partial charge on any atom is 0.0919 e. The molecule has 2 rings (SSSR count). The van der Waals surface area contributed by atoms with Gasteiger partial charge in [-0.3, -0.25) is 0 Å². The van der Waals surface area contributed by atoms with Crippen molar-refractivity contribution >= 4 is 23.5 Å². The predicted octanol–water partition coefficient (Wildman–Crippen LogP) is 3.96. The highest BCUT2D eigenvalue weighted by Crippen LogP contribution is 2.41. The first kappa shape index (κ1) is 14.3. The minimum atomic E-state index is -0.335. The number of rotatable bonds is 2. The minimum Gasteiger partial charge on any atom is -0.387 e. The van der Waals surface area contributed by atoms with Gasteiger partial charge in [0, 0.05) is 21.5 Å². The number of hydrogen-bond donors (Lipinski definition) is 1. The molecular weight excluding hydrogens is 260 g/mol. The summed E-state index contributed by atoms with van der Waals surface area (Å²) in [7, 11) is 0. The molecule has 3 heteroatoms. The van der Waals surface area contributed by atoms with E-state index < -0.39 is 0 Å². The van der Waals surface area contributed by atoms with Crippen molar-refractivity contribution in [3.63, 3.8) is 0 Å².